The second-order valence-electron chi connectivity index (χ2n) is 6.02. The first kappa shape index (κ1) is 17.4. The summed E-state index contributed by atoms with van der Waals surface area (Å²) in [6, 6.07) is 6.92. The minimum absolute atomic E-state index is 0.270. The Morgan fingerprint density at radius 2 is 2.08 bits per heavy atom. The van der Waals surface area contributed by atoms with Gasteiger partial charge in [-0.2, -0.15) is 5.10 Å². The van der Waals surface area contributed by atoms with Crippen molar-refractivity contribution in [2.45, 2.75) is 26.7 Å². The molecule has 2 aromatic heterocycles. The first-order valence-electron chi connectivity index (χ1n) is 8.61. The Morgan fingerprint density at radius 1 is 1.20 bits per heavy atom. The summed E-state index contributed by atoms with van der Waals surface area (Å²) in [5, 5.41) is 7.56. The molecule has 2 heterocycles. The molecule has 0 saturated heterocycles. The summed E-state index contributed by atoms with van der Waals surface area (Å²) in [5.74, 6) is 0.478. The fourth-order valence-corrected chi connectivity index (χ4v) is 2.64. The lowest BCUT2D eigenvalue weighted by Crippen LogP contribution is -2.08. The van der Waals surface area contributed by atoms with Crippen molar-refractivity contribution >= 4 is 11.5 Å². The molecule has 3 rings (SSSR count). The van der Waals surface area contributed by atoms with Crippen molar-refractivity contribution < 1.29 is 9.13 Å². The molecule has 1 N–H and O–H groups in total. The van der Waals surface area contributed by atoms with E-state index in [4.69, 9.17) is 4.74 Å². The van der Waals surface area contributed by atoms with Gasteiger partial charge in [-0.15, -0.1) is 0 Å². The smallest absolute Gasteiger partial charge is 0.165 e. The number of hydrogen-bond acceptors (Lipinski definition) is 4. The quantitative estimate of drug-likeness (QED) is 0.627. The molecule has 1 aromatic carbocycles. The number of aryl methyl sites for hydroxylation is 1. The topological polar surface area (TPSA) is 51.5 Å². The molecule has 0 aliphatic heterocycles. The lowest BCUT2D eigenvalue weighted by molar-refractivity contribution is 0.134. The SMILES string of the molecule is CCCOCCCNc1ccn2ncc(-c3cc(C)ccc3F)c2n1. The number of anilines is 1. The molecule has 0 bridgehead atoms. The molecule has 0 amide bonds. The summed E-state index contributed by atoms with van der Waals surface area (Å²) >= 11 is 0. The minimum atomic E-state index is -0.270. The first-order chi connectivity index (χ1) is 12.2. The Balaban J connectivity index is 1.77. The third kappa shape index (κ3) is 4.14. The van der Waals surface area contributed by atoms with E-state index in [1.165, 1.54) is 6.07 Å². The van der Waals surface area contributed by atoms with Crippen molar-refractivity contribution in [3.8, 4) is 11.1 Å². The molecule has 0 aliphatic rings. The van der Waals surface area contributed by atoms with Gasteiger partial charge >= 0.3 is 0 Å². The van der Waals surface area contributed by atoms with E-state index in [1.54, 1.807) is 16.8 Å². The van der Waals surface area contributed by atoms with Crippen molar-refractivity contribution in [1.29, 1.82) is 0 Å². The van der Waals surface area contributed by atoms with Gasteiger partial charge in [0.05, 0.1) is 6.20 Å². The molecule has 0 aliphatic carbocycles. The van der Waals surface area contributed by atoms with E-state index in [-0.39, 0.29) is 5.82 Å². The third-order valence-electron chi connectivity index (χ3n) is 3.90. The van der Waals surface area contributed by atoms with E-state index < -0.39 is 0 Å². The van der Waals surface area contributed by atoms with Crippen molar-refractivity contribution in [1.82, 2.24) is 14.6 Å². The van der Waals surface area contributed by atoms with Gasteiger partial charge in [-0.1, -0.05) is 18.6 Å². The van der Waals surface area contributed by atoms with Crippen LogP contribution in [0.4, 0.5) is 10.2 Å². The molecule has 0 unspecified atom stereocenters. The molecule has 0 saturated carbocycles. The Labute approximate surface area is 146 Å². The standard InChI is InChI=1S/C19H23FN4O/c1-3-10-25-11-4-8-21-18-7-9-24-19(23-18)16(13-22-24)15-12-14(2)5-6-17(15)20/h5-7,9,12-13H,3-4,8,10-11H2,1-2H3,(H,21,23). The van der Waals surface area contributed by atoms with E-state index in [1.807, 2.05) is 25.3 Å². The van der Waals surface area contributed by atoms with Gasteiger partial charge in [0.25, 0.3) is 0 Å². The van der Waals surface area contributed by atoms with Gasteiger partial charge < -0.3 is 10.1 Å². The maximum absolute atomic E-state index is 14.2. The molecule has 25 heavy (non-hydrogen) atoms. The summed E-state index contributed by atoms with van der Waals surface area (Å²) in [7, 11) is 0. The molecular weight excluding hydrogens is 319 g/mol. The molecule has 132 valence electrons. The average Bonchev–Trinajstić information content (AvgIpc) is 3.03. The van der Waals surface area contributed by atoms with E-state index in [2.05, 4.69) is 22.3 Å². The number of nitrogens with zero attached hydrogens (tertiary/aromatic N) is 3. The van der Waals surface area contributed by atoms with Crippen molar-refractivity contribution in [3.63, 3.8) is 0 Å². The van der Waals surface area contributed by atoms with Crippen LogP contribution in [0.3, 0.4) is 0 Å². The molecule has 3 aromatic rings. The van der Waals surface area contributed by atoms with Gasteiger partial charge in [-0.05, 0) is 38.0 Å². The van der Waals surface area contributed by atoms with Crippen LogP contribution >= 0.6 is 0 Å². The second-order valence-corrected chi connectivity index (χ2v) is 6.02. The zero-order valence-corrected chi connectivity index (χ0v) is 14.6. The van der Waals surface area contributed by atoms with Crippen LogP contribution in [0.15, 0.2) is 36.7 Å². The number of nitrogens with one attached hydrogen (secondary N) is 1. The normalized spacial score (nSPS) is 11.2. The molecule has 6 heteroatoms. The highest BCUT2D eigenvalue weighted by molar-refractivity contribution is 5.78. The number of ether oxygens (including phenoxy) is 1. The molecule has 5 nitrogen and oxygen atoms in total. The molecule has 0 radical (unpaired) electrons. The number of halogens is 1. The predicted molar refractivity (Wildman–Crippen MR) is 97.3 cm³/mol. The Morgan fingerprint density at radius 3 is 2.92 bits per heavy atom. The summed E-state index contributed by atoms with van der Waals surface area (Å²) < 4.78 is 21.3. The first-order valence-corrected chi connectivity index (χ1v) is 8.61. The predicted octanol–water partition coefficient (Wildman–Crippen LogP) is 4.07. The van der Waals surface area contributed by atoms with E-state index in [0.717, 1.165) is 44.0 Å². The largest absolute Gasteiger partial charge is 0.381 e. The zero-order chi connectivity index (χ0) is 17.6. The summed E-state index contributed by atoms with van der Waals surface area (Å²) in [5.41, 5.74) is 2.84. The zero-order valence-electron chi connectivity index (χ0n) is 14.6. The highest BCUT2D eigenvalue weighted by atomic mass is 19.1. The lowest BCUT2D eigenvalue weighted by atomic mass is 10.1. The van der Waals surface area contributed by atoms with E-state index >= 15 is 0 Å². The minimum Gasteiger partial charge on any atom is -0.381 e. The molecule has 0 atom stereocenters. The van der Waals surface area contributed by atoms with E-state index in [9.17, 15) is 4.39 Å². The Bertz CT molecular complexity index is 847. The van der Waals surface area contributed by atoms with Crippen LogP contribution < -0.4 is 5.32 Å². The van der Waals surface area contributed by atoms with Crippen LogP contribution in [0.1, 0.15) is 25.3 Å². The average molecular weight is 342 g/mol. The maximum Gasteiger partial charge on any atom is 0.165 e. The van der Waals surface area contributed by atoms with Gasteiger partial charge in [0.15, 0.2) is 5.65 Å². The Kier molecular flexibility index (Phi) is 5.60. The van der Waals surface area contributed by atoms with Gasteiger partial charge in [0.1, 0.15) is 11.6 Å². The third-order valence-corrected chi connectivity index (χ3v) is 3.90. The Hall–Kier alpha value is -2.47. The number of fused-ring (bicyclic) bond motifs is 1. The van der Waals surface area contributed by atoms with Crippen LogP contribution in [-0.2, 0) is 4.74 Å². The van der Waals surface area contributed by atoms with Crippen molar-refractivity contribution in [2.24, 2.45) is 0 Å². The van der Waals surface area contributed by atoms with Gasteiger partial charge in [0.2, 0.25) is 0 Å². The fraction of sp³-hybridized carbons (Fsp3) is 0.368. The van der Waals surface area contributed by atoms with Gasteiger partial charge in [-0.3, -0.25) is 0 Å². The molecule has 0 spiro atoms. The summed E-state index contributed by atoms with van der Waals surface area (Å²) in [6.45, 7) is 6.34. The van der Waals surface area contributed by atoms with Crippen molar-refractivity contribution in [3.05, 3.63) is 48.0 Å². The molecular formula is C19H23FN4O. The van der Waals surface area contributed by atoms with Crippen LogP contribution in [0.25, 0.3) is 16.8 Å². The van der Waals surface area contributed by atoms with Gasteiger partial charge in [-0.25, -0.2) is 13.9 Å². The number of hydrogen-bond donors (Lipinski definition) is 1. The highest BCUT2D eigenvalue weighted by Crippen LogP contribution is 2.27. The highest BCUT2D eigenvalue weighted by Gasteiger charge is 2.13. The van der Waals surface area contributed by atoms with Crippen molar-refractivity contribution in [2.75, 3.05) is 25.1 Å². The van der Waals surface area contributed by atoms with Crippen LogP contribution in [0, 0.1) is 12.7 Å². The lowest BCUT2D eigenvalue weighted by Gasteiger charge is -2.07. The fourth-order valence-electron chi connectivity index (χ4n) is 2.64. The maximum atomic E-state index is 14.2. The van der Waals surface area contributed by atoms with Crippen LogP contribution in [0.5, 0.6) is 0 Å². The summed E-state index contributed by atoms with van der Waals surface area (Å²) in [6.07, 6.45) is 5.43. The van der Waals surface area contributed by atoms with Crippen LogP contribution in [-0.4, -0.2) is 34.4 Å². The number of aromatic nitrogens is 3. The monoisotopic (exact) mass is 342 g/mol. The summed E-state index contributed by atoms with van der Waals surface area (Å²) in [4.78, 5) is 4.60. The number of rotatable bonds is 8. The van der Waals surface area contributed by atoms with Crippen LogP contribution in [0.2, 0.25) is 0 Å². The number of benzene rings is 1. The van der Waals surface area contributed by atoms with Gasteiger partial charge in [0, 0.05) is 37.1 Å². The van der Waals surface area contributed by atoms with E-state index in [0.29, 0.717) is 16.8 Å². The second kappa shape index (κ2) is 8.07. The molecule has 0 fully saturated rings.